The van der Waals surface area contributed by atoms with Gasteiger partial charge in [-0.05, 0) is 24.6 Å². The summed E-state index contributed by atoms with van der Waals surface area (Å²) in [6.45, 7) is 1.67. The maximum Gasteiger partial charge on any atom is 0.266 e. The normalized spacial score (nSPS) is 19.2. The van der Waals surface area contributed by atoms with Gasteiger partial charge in [-0.25, -0.2) is 0 Å². The molecule has 1 N–H and O–H groups in total. The lowest BCUT2D eigenvalue weighted by Gasteiger charge is -2.26. The molecule has 100 valence electrons. The molecule has 0 unspecified atom stereocenters. The predicted octanol–water partition coefficient (Wildman–Crippen LogP) is 0.744. The van der Waals surface area contributed by atoms with Gasteiger partial charge in [0.2, 0.25) is 0 Å². The van der Waals surface area contributed by atoms with Crippen LogP contribution in [0.5, 0.6) is 0 Å². The van der Waals surface area contributed by atoms with Gasteiger partial charge in [-0.2, -0.15) is 0 Å². The molecule has 5 nitrogen and oxygen atoms in total. The Bertz CT molecular complexity index is 551. The molecule has 1 amide bonds. The van der Waals surface area contributed by atoms with Crippen molar-refractivity contribution >= 4 is 46.3 Å². The fourth-order valence-electron chi connectivity index (χ4n) is 1.78. The van der Waals surface area contributed by atoms with Gasteiger partial charge in [0.15, 0.2) is 0 Å². The van der Waals surface area contributed by atoms with E-state index in [2.05, 4.69) is 4.98 Å². The highest BCUT2D eigenvalue weighted by Gasteiger charge is 2.36. The van der Waals surface area contributed by atoms with Gasteiger partial charge in [-0.15, -0.1) is 0 Å². The first-order chi connectivity index (χ1) is 9.04. The number of carbonyl (C=O) groups is 2. The summed E-state index contributed by atoms with van der Waals surface area (Å²) in [5.41, 5.74) is 0.766. The van der Waals surface area contributed by atoms with Crippen LogP contribution in [0.25, 0.3) is 6.08 Å². The Kier molecular flexibility index (Phi) is 4.06. The number of aromatic amines is 1. The molecule has 0 saturated carbocycles. The maximum atomic E-state index is 12.2. The highest BCUT2D eigenvalue weighted by atomic mass is 32.2. The van der Waals surface area contributed by atoms with Crippen molar-refractivity contribution in [1.82, 2.24) is 9.88 Å². The van der Waals surface area contributed by atoms with Gasteiger partial charge in [-0.1, -0.05) is 30.9 Å². The number of nitrogens with one attached hydrogen (secondary N) is 1. The monoisotopic (exact) mass is 295 g/mol. The Morgan fingerprint density at radius 1 is 1.68 bits per heavy atom. The molecule has 0 bridgehead atoms. The second kappa shape index (κ2) is 5.58. The van der Waals surface area contributed by atoms with Crippen LogP contribution in [0.3, 0.4) is 0 Å². The topological polar surface area (TPSA) is 76.2 Å². The Morgan fingerprint density at radius 2 is 2.42 bits per heavy atom. The van der Waals surface area contributed by atoms with Crippen molar-refractivity contribution in [3.8, 4) is 0 Å². The molecular weight excluding hydrogens is 284 g/mol. The molecule has 1 atom stereocenters. The molecule has 0 spiro atoms. The highest BCUT2D eigenvalue weighted by Crippen LogP contribution is 2.34. The number of carboxylic acid groups (broad SMARTS) is 1. The molecule has 1 aromatic heterocycles. The van der Waals surface area contributed by atoms with E-state index < -0.39 is 12.0 Å². The second-order valence-electron chi connectivity index (χ2n) is 3.92. The van der Waals surface area contributed by atoms with Crippen LogP contribution in [0.4, 0.5) is 0 Å². The van der Waals surface area contributed by atoms with Crippen LogP contribution >= 0.6 is 24.0 Å². The number of H-pyrrole nitrogens is 1. The SMILES string of the molecule is CC[C@H](C(=O)[O-])N1C(=O)/C(=C/c2ccc[nH]2)SC1=S. The molecule has 1 aliphatic heterocycles. The summed E-state index contributed by atoms with van der Waals surface area (Å²) >= 11 is 6.18. The molecule has 2 heterocycles. The number of carbonyl (C=O) groups excluding carboxylic acids is 2. The van der Waals surface area contributed by atoms with Crippen LogP contribution in [0.15, 0.2) is 23.2 Å². The first-order valence-electron chi connectivity index (χ1n) is 5.66. The Balaban J connectivity index is 2.28. The quantitative estimate of drug-likeness (QED) is 0.655. The average Bonchev–Trinajstić information content (AvgIpc) is 2.94. The van der Waals surface area contributed by atoms with E-state index in [0.29, 0.717) is 4.91 Å². The van der Waals surface area contributed by atoms with Gasteiger partial charge in [0.05, 0.1) is 16.9 Å². The van der Waals surface area contributed by atoms with Crippen LogP contribution < -0.4 is 5.11 Å². The minimum atomic E-state index is -1.29. The standard InChI is InChI=1S/C12H12N2O3S2/c1-2-8(11(16)17)14-10(15)9(19-12(14)18)6-7-4-3-5-13-7/h3-6,8,13H,2H2,1H3,(H,16,17)/p-1/b9-6-/t8-/m1/s1. The van der Waals surface area contributed by atoms with Crippen LogP contribution in [-0.4, -0.2) is 32.1 Å². The van der Waals surface area contributed by atoms with E-state index in [4.69, 9.17) is 12.2 Å². The molecule has 0 radical (unpaired) electrons. The third kappa shape index (κ3) is 2.71. The lowest BCUT2D eigenvalue weighted by molar-refractivity contribution is -0.310. The zero-order valence-corrected chi connectivity index (χ0v) is 11.7. The molecular formula is C12H11N2O3S2-. The zero-order chi connectivity index (χ0) is 14.0. The summed E-state index contributed by atoms with van der Waals surface area (Å²) in [7, 11) is 0. The second-order valence-corrected chi connectivity index (χ2v) is 5.60. The number of aromatic nitrogens is 1. The van der Waals surface area contributed by atoms with E-state index in [1.54, 1.807) is 19.2 Å². The van der Waals surface area contributed by atoms with Crippen molar-refractivity contribution in [1.29, 1.82) is 0 Å². The van der Waals surface area contributed by atoms with Crippen molar-refractivity contribution in [3.05, 3.63) is 28.9 Å². The first-order valence-corrected chi connectivity index (χ1v) is 6.88. The maximum absolute atomic E-state index is 12.2. The number of aliphatic carboxylic acids is 1. The van der Waals surface area contributed by atoms with E-state index in [1.807, 2.05) is 12.1 Å². The number of carboxylic acids is 1. The third-order valence-electron chi connectivity index (χ3n) is 2.70. The van der Waals surface area contributed by atoms with Crippen molar-refractivity contribution < 1.29 is 14.7 Å². The Labute approximate surface area is 119 Å². The number of rotatable bonds is 4. The summed E-state index contributed by atoms with van der Waals surface area (Å²) < 4.78 is 0.249. The van der Waals surface area contributed by atoms with Crippen molar-refractivity contribution in [2.75, 3.05) is 0 Å². The molecule has 19 heavy (non-hydrogen) atoms. The van der Waals surface area contributed by atoms with Crippen molar-refractivity contribution in [2.24, 2.45) is 0 Å². The Hall–Kier alpha value is -1.60. The van der Waals surface area contributed by atoms with E-state index in [9.17, 15) is 14.7 Å². The Morgan fingerprint density at radius 3 is 2.95 bits per heavy atom. The molecule has 1 aliphatic rings. The lowest BCUT2D eigenvalue weighted by Crippen LogP contribution is -2.49. The molecule has 1 aromatic rings. The smallest absolute Gasteiger partial charge is 0.266 e. The molecule has 2 rings (SSSR count). The number of thioether (sulfide) groups is 1. The summed E-state index contributed by atoms with van der Waals surface area (Å²) in [6.07, 6.45) is 3.65. The largest absolute Gasteiger partial charge is 0.548 e. The molecule has 0 aromatic carbocycles. The minimum Gasteiger partial charge on any atom is -0.548 e. The van der Waals surface area contributed by atoms with Gasteiger partial charge in [0, 0.05) is 11.9 Å². The zero-order valence-electron chi connectivity index (χ0n) is 10.1. The van der Waals surface area contributed by atoms with Crippen molar-refractivity contribution in [2.45, 2.75) is 19.4 Å². The third-order valence-corrected chi connectivity index (χ3v) is 4.03. The van der Waals surface area contributed by atoms with Gasteiger partial charge in [0.1, 0.15) is 4.32 Å². The fourth-order valence-corrected chi connectivity index (χ4v) is 3.13. The van der Waals surface area contributed by atoms with Gasteiger partial charge < -0.3 is 14.9 Å². The minimum absolute atomic E-state index is 0.249. The number of hydrogen-bond donors (Lipinski definition) is 1. The molecule has 7 heteroatoms. The summed E-state index contributed by atoms with van der Waals surface area (Å²) in [4.78, 5) is 27.7. The number of thiocarbonyl (C=S) groups is 1. The summed E-state index contributed by atoms with van der Waals surface area (Å²) in [5, 5.41) is 11.0. The highest BCUT2D eigenvalue weighted by molar-refractivity contribution is 8.26. The van der Waals surface area contributed by atoms with E-state index in [-0.39, 0.29) is 16.6 Å². The van der Waals surface area contributed by atoms with E-state index >= 15 is 0 Å². The number of nitrogens with zero attached hydrogens (tertiary/aromatic N) is 1. The predicted molar refractivity (Wildman–Crippen MR) is 74.9 cm³/mol. The number of amides is 1. The lowest BCUT2D eigenvalue weighted by atomic mass is 10.2. The van der Waals surface area contributed by atoms with Crippen molar-refractivity contribution in [3.63, 3.8) is 0 Å². The van der Waals surface area contributed by atoms with Gasteiger partial charge >= 0.3 is 0 Å². The molecule has 0 aliphatic carbocycles. The van der Waals surface area contributed by atoms with Gasteiger partial charge in [0.25, 0.3) is 5.91 Å². The van der Waals surface area contributed by atoms with Gasteiger partial charge in [-0.3, -0.25) is 9.69 Å². The van der Waals surface area contributed by atoms with Crippen LogP contribution in [0.2, 0.25) is 0 Å². The van der Waals surface area contributed by atoms with Crippen LogP contribution in [-0.2, 0) is 9.59 Å². The van der Waals surface area contributed by atoms with Crippen LogP contribution in [0, 0.1) is 0 Å². The molecule has 1 fully saturated rings. The summed E-state index contributed by atoms with van der Waals surface area (Å²) in [6, 6.07) is 2.60. The average molecular weight is 295 g/mol. The first kappa shape index (κ1) is 13.8. The van der Waals surface area contributed by atoms with E-state index in [1.165, 1.54) is 0 Å². The summed E-state index contributed by atoms with van der Waals surface area (Å²) in [5.74, 6) is -1.68. The van der Waals surface area contributed by atoms with E-state index in [0.717, 1.165) is 22.4 Å². The molecule has 1 saturated heterocycles. The fraction of sp³-hybridized carbons (Fsp3) is 0.250. The van der Waals surface area contributed by atoms with Crippen LogP contribution in [0.1, 0.15) is 19.0 Å². The number of hydrogen-bond acceptors (Lipinski definition) is 5.